The topological polar surface area (TPSA) is 76.2 Å². The molecule has 1 fully saturated rings. The van der Waals surface area contributed by atoms with Gasteiger partial charge < -0.3 is 9.63 Å². The standard InChI is InChI=1S/C10H14N2O3S2/c1-2-6-9(17-4-3-16-6)10-11-7(15-12-10)5-8(13)14/h6,9H,2-5H2,1H3,(H,13,14). The number of carboxylic acid groups (broad SMARTS) is 1. The number of aromatic nitrogens is 2. The number of nitrogens with zero attached hydrogens (tertiary/aromatic N) is 2. The average molecular weight is 274 g/mol. The summed E-state index contributed by atoms with van der Waals surface area (Å²) in [6, 6.07) is 0. The molecule has 0 saturated carbocycles. The summed E-state index contributed by atoms with van der Waals surface area (Å²) in [5.74, 6) is 2.12. The summed E-state index contributed by atoms with van der Waals surface area (Å²) in [4.78, 5) is 14.7. The quantitative estimate of drug-likeness (QED) is 0.899. The Balaban J connectivity index is 2.09. The molecule has 1 aromatic heterocycles. The molecule has 94 valence electrons. The molecule has 7 heteroatoms. The summed E-state index contributed by atoms with van der Waals surface area (Å²) in [6.07, 6.45) is 0.861. The van der Waals surface area contributed by atoms with Crippen LogP contribution in [0.3, 0.4) is 0 Å². The molecule has 17 heavy (non-hydrogen) atoms. The molecule has 0 bridgehead atoms. The van der Waals surface area contributed by atoms with Crippen LogP contribution in [0.25, 0.3) is 0 Å². The second-order valence-corrected chi connectivity index (χ2v) is 6.32. The number of carboxylic acids is 1. The number of rotatable bonds is 4. The molecule has 1 aliphatic heterocycles. The normalized spacial score (nSPS) is 24.8. The van der Waals surface area contributed by atoms with Gasteiger partial charge in [-0.1, -0.05) is 12.1 Å². The van der Waals surface area contributed by atoms with Gasteiger partial charge in [0.05, 0.1) is 5.25 Å². The summed E-state index contributed by atoms with van der Waals surface area (Å²) >= 11 is 3.76. The maximum atomic E-state index is 10.5. The van der Waals surface area contributed by atoms with E-state index in [1.807, 2.05) is 23.5 Å². The predicted octanol–water partition coefficient (Wildman–Crippen LogP) is 2.00. The van der Waals surface area contributed by atoms with Crippen molar-refractivity contribution < 1.29 is 14.4 Å². The van der Waals surface area contributed by atoms with Crippen LogP contribution in [0.5, 0.6) is 0 Å². The van der Waals surface area contributed by atoms with Gasteiger partial charge in [-0.3, -0.25) is 4.79 Å². The van der Waals surface area contributed by atoms with E-state index in [2.05, 4.69) is 17.1 Å². The van der Waals surface area contributed by atoms with Gasteiger partial charge >= 0.3 is 5.97 Å². The maximum absolute atomic E-state index is 10.5. The highest BCUT2D eigenvalue weighted by molar-refractivity contribution is 8.06. The lowest BCUT2D eigenvalue weighted by Gasteiger charge is -2.27. The van der Waals surface area contributed by atoms with Crippen LogP contribution in [0.4, 0.5) is 0 Å². The average Bonchev–Trinajstić information content (AvgIpc) is 2.76. The third kappa shape index (κ3) is 3.16. The fraction of sp³-hybridized carbons (Fsp3) is 0.700. The number of aliphatic carboxylic acids is 1. The van der Waals surface area contributed by atoms with Crippen LogP contribution in [0.1, 0.15) is 30.3 Å². The Bertz CT molecular complexity index is 397. The van der Waals surface area contributed by atoms with Crippen molar-refractivity contribution in [1.29, 1.82) is 0 Å². The molecule has 1 N–H and O–H groups in total. The minimum atomic E-state index is -0.946. The lowest BCUT2D eigenvalue weighted by atomic mass is 10.2. The van der Waals surface area contributed by atoms with Crippen molar-refractivity contribution in [3.05, 3.63) is 11.7 Å². The molecule has 1 aliphatic rings. The molecule has 0 amide bonds. The van der Waals surface area contributed by atoms with Crippen LogP contribution in [-0.4, -0.2) is 38.0 Å². The van der Waals surface area contributed by atoms with E-state index in [1.54, 1.807) is 0 Å². The molecule has 2 unspecified atom stereocenters. The molecule has 1 saturated heterocycles. The SMILES string of the molecule is CCC1SCCSC1c1noc(CC(=O)O)n1. The van der Waals surface area contributed by atoms with Gasteiger partial charge in [0.25, 0.3) is 0 Å². The Hall–Kier alpha value is -0.690. The van der Waals surface area contributed by atoms with E-state index in [4.69, 9.17) is 9.63 Å². The first kappa shape index (κ1) is 12.8. The van der Waals surface area contributed by atoms with Crippen molar-refractivity contribution in [3.8, 4) is 0 Å². The fourth-order valence-corrected chi connectivity index (χ4v) is 4.71. The molecular formula is C10H14N2O3S2. The molecule has 5 nitrogen and oxygen atoms in total. The van der Waals surface area contributed by atoms with Crippen molar-refractivity contribution in [2.45, 2.75) is 30.3 Å². The number of hydrogen-bond acceptors (Lipinski definition) is 6. The van der Waals surface area contributed by atoms with E-state index in [0.29, 0.717) is 11.1 Å². The lowest BCUT2D eigenvalue weighted by molar-refractivity contribution is -0.136. The van der Waals surface area contributed by atoms with Crippen molar-refractivity contribution >= 4 is 29.5 Å². The minimum absolute atomic E-state index is 0.193. The summed E-state index contributed by atoms with van der Waals surface area (Å²) in [6.45, 7) is 2.15. The highest BCUT2D eigenvalue weighted by atomic mass is 32.2. The Labute approximate surface area is 108 Å². The Morgan fingerprint density at radius 3 is 3.00 bits per heavy atom. The fourth-order valence-electron chi connectivity index (χ4n) is 1.73. The summed E-state index contributed by atoms with van der Waals surface area (Å²) < 4.78 is 4.96. The highest BCUT2D eigenvalue weighted by Gasteiger charge is 2.30. The van der Waals surface area contributed by atoms with Crippen LogP contribution in [0, 0.1) is 0 Å². The van der Waals surface area contributed by atoms with E-state index in [0.717, 1.165) is 17.9 Å². The van der Waals surface area contributed by atoms with E-state index in [1.165, 1.54) is 0 Å². The Morgan fingerprint density at radius 1 is 1.53 bits per heavy atom. The third-order valence-electron chi connectivity index (χ3n) is 2.49. The number of carbonyl (C=O) groups is 1. The van der Waals surface area contributed by atoms with Crippen LogP contribution in [-0.2, 0) is 11.2 Å². The van der Waals surface area contributed by atoms with Crippen LogP contribution >= 0.6 is 23.5 Å². The largest absolute Gasteiger partial charge is 0.481 e. The molecule has 0 spiro atoms. The molecule has 2 atom stereocenters. The molecule has 1 aromatic rings. The molecular weight excluding hydrogens is 260 g/mol. The number of thioether (sulfide) groups is 2. The monoisotopic (exact) mass is 274 g/mol. The van der Waals surface area contributed by atoms with Gasteiger partial charge in [-0.25, -0.2) is 0 Å². The van der Waals surface area contributed by atoms with Crippen molar-refractivity contribution in [1.82, 2.24) is 10.1 Å². The predicted molar refractivity (Wildman–Crippen MR) is 67.4 cm³/mol. The molecule has 2 rings (SSSR count). The summed E-state index contributed by atoms with van der Waals surface area (Å²) in [5, 5.41) is 13.3. The van der Waals surface area contributed by atoms with Crippen molar-refractivity contribution in [2.75, 3.05) is 11.5 Å². The Kier molecular flexibility index (Phi) is 4.33. The lowest BCUT2D eigenvalue weighted by Crippen LogP contribution is -2.19. The second kappa shape index (κ2) is 5.77. The van der Waals surface area contributed by atoms with E-state index >= 15 is 0 Å². The molecule has 0 radical (unpaired) electrons. The first-order valence-electron chi connectivity index (χ1n) is 5.48. The number of hydrogen-bond donors (Lipinski definition) is 1. The molecule has 0 aromatic carbocycles. The van der Waals surface area contributed by atoms with Gasteiger partial charge in [-0.2, -0.15) is 16.7 Å². The van der Waals surface area contributed by atoms with E-state index < -0.39 is 5.97 Å². The maximum Gasteiger partial charge on any atom is 0.312 e. The van der Waals surface area contributed by atoms with E-state index in [-0.39, 0.29) is 17.6 Å². The van der Waals surface area contributed by atoms with Gasteiger partial charge in [0, 0.05) is 16.8 Å². The van der Waals surface area contributed by atoms with Crippen LogP contribution in [0.15, 0.2) is 4.52 Å². The van der Waals surface area contributed by atoms with E-state index in [9.17, 15) is 4.79 Å². The zero-order chi connectivity index (χ0) is 12.3. The Morgan fingerprint density at radius 2 is 2.29 bits per heavy atom. The van der Waals surface area contributed by atoms with Crippen LogP contribution < -0.4 is 0 Å². The van der Waals surface area contributed by atoms with Gasteiger partial charge in [0.2, 0.25) is 5.89 Å². The first-order chi connectivity index (χ1) is 8.20. The van der Waals surface area contributed by atoms with Crippen molar-refractivity contribution in [2.24, 2.45) is 0 Å². The zero-order valence-electron chi connectivity index (χ0n) is 9.46. The highest BCUT2D eigenvalue weighted by Crippen LogP contribution is 2.42. The smallest absolute Gasteiger partial charge is 0.312 e. The molecule has 2 heterocycles. The van der Waals surface area contributed by atoms with Gasteiger partial charge in [0.1, 0.15) is 6.42 Å². The van der Waals surface area contributed by atoms with Gasteiger partial charge in [0.15, 0.2) is 5.82 Å². The van der Waals surface area contributed by atoms with Gasteiger partial charge in [-0.05, 0) is 6.42 Å². The summed E-state index contributed by atoms with van der Waals surface area (Å²) in [5.41, 5.74) is 0. The molecule has 0 aliphatic carbocycles. The minimum Gasteiger partial charge on any atom is -0.481 e. The zero-order valence-corrected chi connectivity index (χ0v) is 11.1. The second-order valence-electron chi connectivity index (χ2n) is 3.73. The third-order valence-corrected chi connectivity index (χ3v) is 5.74. The van der Waals surface area contributed by atoms with Crippen molar-refractivity contribution in [3.63, 3.8) is 0 Å². The van der Waals surface area contributed by atoms with Crippen LogP contribution in [0.2, 0.25) is 0 Å². The van der Waals surface area contributed by atoms with Gasteiger partial charge in [-0.15, -0.1) is 11.8 Å². The first-order valence-corrected chi connectivity index (χ1v) is 7.58. The summed E-state index contributed by atoms with van der Waals surface area (Å²) in [7, 11) is 0.